The van der Waals surface area contributed by atoms with E-state index in [1.54, 1.807) is 11.1 Å². The number of hydrogen-bond donors (Lipinski definition) is 0. The summed E-state index contributed by atoms with van der Waals surface area (Å²) in [6, 6.07) is 17.8. The van der Waals surface area contributed by atoms with Crippen LogP contribution in [0.15, 0.2) is 48.5 Å². The van der Waals surface area contributed by atoms with Crippen molar-refractivity contribution in [2.75, 3.05) is 0 Å². The molecule has 0 heterocycles. The normalized spacial score (nSPS) is 18.6. The van der Waals surface area contributed by atoms with E-state index < -0.39 is 0 Å². The Kier molecular flexibility index (Phi) is 1.77. The highest BCUT2D eigenvalue weighted by atomic mass is 14.4. The molecule has 2 aromatic carbocycles. The Bertz CT molecular complexity index is 687. The van der Waals surface area contributed by atoms with E-state index in [-0.39, 0.29) is 5.41 Å². The van der Waals surface area contributed by atoms with E-state index in [4.69, 9.17) is 0 Å². The average Bonchev–Trinajstić information content (AvgIpc) is 2.86. The molecule has 2 aliphatic rings. The molecule has 0 radical (unpaired) electrons. The molecule has 0 N–H and O–H groups in total. The summed E-state index contributed by atoms with van der Waals surface area (Å²) in [7, 11) is 0. The van der Waals surface area contributed by atoms with Crippen LogP contribution in [0.25, 0.3) is 11.1 Å². The second-order valence-electron chi connectivity index (χ2n) is 5.86. The van der Waals surface area contributed by atoms with Gasteiger partial charge in [-0.3, -0.25) is 0 Å². The predicted molar refractivity (Wildman–Crippen MR) is 76.4 cm³/mol. The summed E-state index contributed by atoms with van der Waals surface area (Å²) in [5, 5.41) is 0. The van der Waals surface area contributed by atoms with Gasteiger partial charge in [0.1, 0.15) is 0 Å². The van der Waals surface area contributed by atoms with Gasteiger partial charge < -0.3 is 0 Å². The van der Waals surface area contributed by atoms with Crippen LogP contribution < -0.4 is 0 Å². The van der Waals surface area contributed by atoms with Gasteiger partial charge in [0.2, 0.25) is 0 Å². The van der Waals surface area contributed by atoms with E-state index in [0.29, 0.717) is 0 Å². The van der Waals surface area contributed by atoms with Gasteiger partial charge in [-0.1, -0.05) is 62.4 Å². The molecule has 2 aliphatic carbocycles. The van der Waals surface area contributed by atoms with Crippen LogP contribution in [-0.4, -0.2) is 0 Å². The zero-order valence-corrected chi connectivity index (χ0v) is 10.8. The number of benzene rings is 2. The van der Waals surface area contributed by atoms with Crippen molar-refractivity contribution in [1.82, 2.24) is 0 Å². The Hall–Kier alpha value is -1.82. The minimum absolute atomic E-state index is 0.151. The molecule has 0 unspecified atom stereocenters. The number of rotatable bonds is 0. The lowest BCUT2D eigenvalue weighted by molar-refractivity contribution is 0.704. The molecule has 0 aromatic heterocycles. The summed E-state index contributed by atoms with van der Waals surface area (Å²) < 4.78 is 0. The molecule has 0 saturated heterocycles. The van der Waals surface area contributed by atoms with Crippen LogP contribution in [0.3, 0.4) is 0 Å². The van der Waals surface area contributed by atoms with Crippen molar-refractivity contribution in [2.45, 2.75) is 25.7 Å². The van der Waals surface area contributed by atoms with E-state index in [1.807, 2.05) is 0 Å². The third kappa shape index (κ3) is 1.06. The van der Waals surface area contributed by atoms with Gasteiger partial charge in [-0.05, 0) is 39.8 Å². The van der Waals surface area contributed by atoms with E-state index >= 15 is 0 Å². The molecule has 0 aliphatic heterocycles. The van der Waals surface area contributed by atoms with Crippen LogP contribution in [0, 0.1) is 0 Å². The largest absolute Gasteiger partial charge is 0.0619 e. The quantitative estimate of drug-likeness (QED) is 0.629. The fourth-order valence-electron chi connectivity index (χ4n) is 3.73. The molecule has 0 saturated carbocycles. The SMILES string of the molecule is CC1(C)C2=C(Cc3ccccc32)c2ccccc21. The summed E-state index contributed by atoms with van der Waals surface area (Å²) in [5.74, 6) is 0. The first-order valence-electron chi connectivity index (χ1n) is 6.61. The van der Waals surface area contributed by atoms with E-state index in [0.717, 1.165) is 6.42 Å². The molecule has 0 heteroatoms. The zero-order chi connectivity index (χ0) is 12.3. The molecule has 0 bridgehead atoms. The Labute approximate surface area is 108 Å². The maximum absolute atomic E-state index is 2.36. The molecule has 0 nitrogen and oxygen atoms in total. The van der Waals surface area contributed by atoms with Crippen molar-refractivity contribution in [1.29, 1.82) is 0 Å². The molecule has 4 rings (SSSR count). The molecule has 0 fully saturated rings. The van der Waals surface area contributed by atoms with Crippen LogP contribution in [0.5, 0.6) is 0 Å². The summed E-state index contributed by atoms with van der Waals surface area (Å²) in [6.45, 7) is 4.71. The van der Waals surface area contributed by atoms with Gasteiger partial charge in [-0.2, -0.15) is 0 Å². The van der Waals surface area contributed by atoms with Crippen LogP contribution in [-0.2, 0) is 11.8 Å². The number of allylic oxidation sites excluding steroid dienone is 2. The molecule has 88 valence electrons. The zero-order valence-electron chi connectivity index (χ0n) is 10.8. The summed E-state index contributed by atoms with van der Waals surface area (Å²) in [6.07, 6.45) is 1.10. The Morgan fingerprint density at radius 1 is 0.833 bits per heavy atom. The lowest BCUT2D eigenvalue weighted by atomic mass is 9.78. The van der Waals surface area contributed by atoms with Crippen molar-refractivity contribution < 1.29 is 0 Å². The maximum atomic E-state index is 2.36. The van der Waals surface area contributed by atoms with Crippen molar-refractivity contribution in [3.63, 3.8) is 0 Å². The van der Waals surface area contributed by atoms with Gasteiger partial charge in [0.05, 0.1) is 0 Å². The first kappa shape index (κ1) is 10.1. The second kappa shape index (κ2) is 3.14. The minimum atomic E-state index is 0.151. The predicted octanol–water partition coefficient (Wildman–Crippen LogP) is 4.44. The number of hydrogen-bond acceptors (Lipinski definition) is 0. The first-order valence-corrected chi connectivity index (χ1v) is 6.61. The third-order valence-corrected chi connectivity index (χ3v) is 4.51. The standard InChI is InChI=1S/C18H16/c1-18(2)16-10-6-5-9-14(16)15-11-12-7-3-4-8-13(12)17(15)18/h3-10H,11H2,1-2H3. The van der Waals surface area contributed by atoms with Crippen LogP contribution >= 0.6 is 0 Å². The highest BCUT2D eigenvalue weighted by Gasteiger charge is 2.41. The summed E-state index contributed by atoms with van der Waals surface area (Å²) in [5.41, 5.74) is 9.17. The van der Waals surface area contributed by atoms with Crippen molar-refractivity contribution >= 4 is 11.1 Å². The van der Waals surface area contributed by atoms with Crippen LogP contribution in [0.2, 0.25) is 0 Å². The first-order chi connectivity index (χ1) is 8.69. The van der Waals surface area contributed by atoms with Crippen molar-refractivity contribution in [3.8, 4) is 0 Å². The molecule has 2 aromatic rings. The fourth-order valence-corrected chi connectivity index (χ4v) is 3.73. The highest BCUT2D eigenvalue weighted by molar-refractivity contribution is 6.05. The van der Waals surface area contributed by atoms with Gasteiger partial charge in [-0.25, -0.2) is 0 Å². The Balaban J connectivity index is 2.04. The van der Waals surface area contributed by atoms with Crippen LogP contribution in [0.1, 0.15) is 36.1 Å². The average molecular weight is 232 g/mol. The topological polar surface area (TPSA) is 0 Å². The van der Waals surface area contributed by atoms with Crippen molar-refractivity contribution in [2.24, 2.45) is 0 Å². The lowest BCUT2D eigenvalue weighted by Crippen LogP contribution is -2.16. The Morgan fingerprint density at radius 3 is 2.33 bits per heavy atom. The molecule has 0 amide bonds. The second-order valence-corrected chi connectivity index (χ2v) is 5.86. The molecular weight excluding hydrogens is 216 g/mol. The lowest BCUT2D eigenvalue weighted by Gasteiger charge is -2.25. The molecule has 0 spiro atoms. The summed E-state index contributed by atoms with van der Waals surface area (Å²) in [4.78, 5) is 0. The number of fused-ring (bicyclic) bond motifs is 4. The maximum Gasteiger partial charge on any atom is 0.0161 e. The van der Waals surface area contributed by atoms with Gasteiger partial charge >= 0.3 is 0 Å². The fraction of sp³-hybridized carbons (Fsp3) is 0.222. The van der Waals surface area contributed by atoms with E-state index in [2.05, 4.69) is 62.4 Å². The van der Waals surface area contributed by atoms with Crippen LogP contribution in [0.4, 0.5) is 0 Å². The minimum Gasteiger partial charge on any atom is -0.0619 e. The highest BCUT2D eigenvalue weighted by Crippen LogP contribution is 2.55. The molecular formula is C18H16. The molecule has 0 atom stereocenters. The van der Waals surface area contributed by atoms with Gasteiger partial charge in [-0.15, -0.1) is 0 Å². The van der Waals surface area contributed by atoms with Gasteiger partial charge in [0, 0.05) is 5.41 Å². The molecule has 18 heavy (non-hydrogen) atoms. The summed E-state index contributed by atoms with van der Waals surface area (Å²) >= 11 is 0. The van der Waals surface area contributed by atoms with E-state index in [1.165, 1.54) is 22.3 Å². The monoisotopic (exact) mass is 232 g/mol. The van der Waals surface area contributed by atoms with Crippen molar-refractivity contribution in [3.05, 3.63) is 70.8 Å². The third-order valence-electron chi connectivity index (χ3n) is 4.51. The van der Waals surface area contributed by atoms with E-state index in [9.17, 15) is 0 Å². The van der Waals surface area contributed by atoms with Gasteiger partial charge in [0.25, 0.3) is 0 Å². The smallest absolute Gasteiger partial charge is 0.0161 e. The van der Waals surface area contributed by atoms with Gasteiger partial charge in [0.15, 0.2) is 0 Å². The Morgan fingerprint density at radius 2 is 1.50 bits per heavy atom.